The van der Waals surface area contributed by atoms with Gasteiger partial charge in [-0.05, 0) is 19.9 Å². The Bertz CT molecular complexity index is 1180. The van der Waals surface area contributed by atoms with E-state index in [4.69, 9.17) is 15.2 Å². The van der Waals surface area contributed by atoms with Crippen molar-refractivity contribution in [1.29, 1.82) is 5.26 Å². The van der Waals surface area contributed by atoms with Crippen LogP contribution in [0, 0.1) is 11.3 Å². The van der Waals surface area contributed by atoms with E-state index in [1.165, 1.54) is 0 Å². The molecule has 7 heteroatoms. The van der Waals surface area contributed by atoms with Crippen LogP contribution in [0.25, 0.3) is 5.76 Å². The highest BCUT2D eigenvalue weighted by Gasteiger charge is 2.62. The lowest BCUT2D eigenvalue weighted by atomic mass is 9.67. The number of nitrogens with two attached hydrogens (primary N) is 1. The number of ether oxygens (including phenoxy) is 2. The third-order valence-corrected chi connectivity index (χ3v) is 5.54. The summed E-state index contributed by atoms with van der Waals surface area (Å²) < 4.78 is 11.2. The van der Waals surface area contributed by atoms with Crippen LogP contribution in [-0.2, 0) is 24.5 Å². The molecular weight excluding hydrogens is 394 g/mol. The van der Waals surface area contributed by atoms with Gasteiger partial charge in [-0.1, -0.05) is 48.5 Å². The molecule has 2 aromatic carbocycles. The second-order valence-corrected chi connectivity index (χ2v) is 7.06. The molecule has 0 fully saturated rings. The van der Waals surface area contributed by atoms with Crippen molar-refractivity contribution >= 4 is 23.3 Å². The normalized spacial score (nSPS) is 19.9. The van der Waals surface area contributed by atoms with E-state index in [9.17, 15) is 14.9 Å². The number of esters is 1. The lowest BCUT2D eigenvalue weighted by Crippen LogP contribution is -2.48. The summed E-state index contributed by atoms with van der Waals surface area (Å²) in [4.78, 5) is 28.9. The van der Waals surface area contributed by atoms with E-state index in [0.717, 1.165) is 0 Å². The molecule has 2 N–H and O–H groups in total. The molecular formula is C24H21N3O4. The van der Waals surface area contributed by atoms with E-state index in [1.807, 2.05) is 19.1 Å². The van der Waals surface area contributed by atoms with Gasteiger partial charge in [-0.25, -0.2) is 4.79 Å². The van der Waals surface area contributed by atoms with Gasteiger partial charge in [-0.2, -0.15) is 5.26 Å². The molecule has 156 valence electrons. The molecule has 2 aliphatic heterocycles. The largest absolute Gasteiger partial charge is 0.462 e. The molecule has 2 heterocycles. The van der Waals surface area contributed by atoms with Crippen LogP contribution in [0.1, 0.15) is 25.0 Å². The Morgan fingerprint density at radius 3 is 2.48 bits per heavy atom. The molecule has 1 spiro atoms. The van der Waals surface area contributed by atoms with Crippen LogP contribution in [0.4, 0.5) is 5.69 Å². The molecule has 2 aliphatic rings. The summed E-state index contributed by atoms with van der Waals surface area (Å²) in [6, 6.07) is 18.0. The number of anilines is 1. The number of amides is 1. The second-order valence-electron chi connectivity index (χ2n) is 7.06. The first-order chi connectivity index (χ1) is 15.0. The SMILES string of the molecule is CCOC(=O)C1=C(c2ccccc2)OC(N)=C(C#N)[C@]12C(=O)N(CC)c1ccccc12. The molecule has 2 aromatic rings. The fourth-order valence-electron chi connectivity index (χ4n) is 4.32. The third-order valence-electron chi connectivity index (χ3n) is 5.54. The molecule has 0 saturated heterocycles. The predicted octanol–water partition coefficient (Wildman–Crippen LogP) is 2.99. The van der Waals surface area contributed by atoms with E-state index in [2.05, 4.69) is 0 Å². The van der Waals surface area contributed by atoms with Crippen molar-refractivity contribution < 1.29 is 19.1 Å². The first-order valence-corrected chi connectivity index (χ1v) is 9.99. The highest BCUT2D eigenvalue weighted by molar-refractivity contribution is 6.20. The molecule has 31 heavy (non-hydrogen) atoms. The minimum atomic E-state index is -1.75. The van der Waals surface area contributed by atoms with Crippen LogP contribution in [0.3, 0.4) is 0 Å². The molecule has 0 saturated carbocycles. The Hall–Kier alpha value is -4.05. The fourth-order valence-corrected chi connectivity index (χ4v) is 4.32. The second kappa shape index (κ2) is 7.65. The summed E-state index contributed by atoms with van der Waals surface area (Å²) in [5.74, 6) is -1.27. The van der Waals surface area contributed by atoms with Crippen molar-refractivity contribution in [2.24, 2.45) is 5.73 Å². The highest BCUT2D eigenvalue weighted by atomic mass is 16.5. The molecule has 1 atom stereocenters. The van der Waals surface area contributed by atoms with E-state index in [1.54, 1.807) is 60.4 Å². The van der Waals surface area contributed by atoms with Gasteiger partial charge in [0.15, 0.2) is 5.41 Å². The number of hydrogen-bond acceptors (Lipinski definition) is 6. The zero-order chi connectivity index (χ0) is 22.2. The average molecular weight is 415 g/mol. The molecule has 0 bridgehead atoms. The molecule has 0 aromatic heterocycles. The number of nitriles is 1. The van der Waals surface area contributed by atoms with Crippen molar-refractivity contribution in [3.8, 4) is 6.07 Å². The van der Waals surface area contributed by atoms with Gasteiger partial charge >= 0.3 is 5.97 Å². The van der Waals surface area contributed by atoms with Crippen molar-refractivity contribution in [3.63, 3.8) is 0 Å². The van der Waals surface area contributed by atoms with Gasteiger partial charge in [0.1, 0.15) is 23.0 Å². The zero-order valence-corrected chi connectivity index (χ0v) is 17.2. The Labute approximate surface area is 180 Å². The molecule has 0 aliphatic carbocycles. The van der Waals surface area contributed by atoms with Gasteiger partial charge in [-0.3, -0.25) is 4.79 Å². The van der Waals surface area contributed by atoms with Crippen LogP contribution < -0.4 is 10.6 Å². The van der Waals surface area contributed by atoms with Gasteiger partial charge in [-0.15, -0.1) is 0 Å². The highest BCUT2D eigenvalue weighted by Crippen LogP contribution is 2.55. The Balaban J connectivity index is 2.16. The van der Waals surface area contributed by atoms with E-state index in [-0.39, 0.29) is 29.4 Å². The maximum atomic E-state index is 14.0. The average Bonchev–Trinajstić information content (AvgIpc) is 3.02. The summed E-state index contributed by atoms with van der Waals surface area (Å²) in [6.45, 7) is 3.95. The van der Waals surface area contributed by atoms with Gasteiger partial charge in [0.2, 0.25) is 11.8 Å². The summed E-state index contributed by atoms with van der Waals surface area (Å²) in [5, 5.41) is 10.1. The van der Waals surface area contributed by atoms with Crippen LogP contribution in [0.5, 0.6) is 0 Å². The van der Waals surface area contributed by atoms with Crippen molar-refractivity contribution in [2.45, 2.75) is 19.3 Å². The number of nitrogens with zero attached hydrogens (tertiary/aromatic N) is 2. The Morgan fingerprint density at radius 2 is 1.84 bits per heavy atom. The Morgan fingerprint density at radius 1 is 1.16 bits per heavy atom. The smallest absolute Gasteiger partial charge is 0.339 e. The minimum absolute atomic E-state index is 0.0419. The number of carbonyl (C=O) groups is 2. The van der Waals surface area contributed by atoms with Gasteiger partial charge < -0.3 is 20.1 Å². The van der Waals surface area contributed by atoms with Gasteiger partial charge in [0, 0.05) is 23.4 Å². The summed E-state index contributed by atoms with van der Waals surface area (Å²) in [5.41, 5.74) is 5.94. The first kappa shape index (κ1) is 20.2. The van der Waals surface area contributed by atoms with Crippen molar-refractivity contribution in [3.05, 3.63) is 82.8 Å². The number of rotatable bonds is 4. The Kier molecular flexibility index (Phi) is 4.99. The van der Waals surface area contributed by atoms with E-state index < -0.39 is 17.3 Å². The lowest BCUT2D eigenvalue weighted by molar-refractivity contribution is -0.140. The summed E-state index contributed by atoms with van der Waals surface area (Å²) in [7, 11) is 0. The quantitative estimate of drug-likeness (QED) is 0.770. The fraction of sp³-hybridized carbons (Fsp3) is 0.208. The topological polar surface area (TPSA) is 106 Å². The lowest BCUT2D eigenvalue weighted by Gasteiger charge is -2.35. The molecule has 0 radical (unpaired) electrons. The number of carbonyl (C=O) groups excluding carboxylic acids is 2. The maximum Gasteiger partial charge on any atom is 0.339 e. The summed E-state index contributed by atoms with van der Waals surface area (Å²) in [6.07, 6.45) is 0. The maximum absolute atomic E-state index is 14.0. The number of likely N-dealkylation sites (N-methyl/N-ethyl adjacent to an activating group) is 1. The number of para-hydroxylation sites is 1. The third kappa shape index (κ3) is 2.72. The van der Waals surface area contributed by atoms with E-state index >= 15 is 0 Å². The molecule has 4 rings (SSSR count). The van der Waals surface area contributed by atoms with Gasteiger partial charge in [0.25, 0.3) is 0 Å². The van der Waals surface area contributed by atoms with Gasteiger partial charge in [0.05, 0.1) is 6.61 Å². The van der Waals surface area contributed by atoms with Crippen molar-refractivity contribution in [1.82, 2.24) is 0 Å². The van der Waals surface area contributed by atoms with Crippen LogP contribution >= 0.6 is 0 Å². The van der Waals surface area contributed by atoms with E-state index in [0.29, 0.717) is 23.4 Å². The van der Waals surface area contributed by atoms with Crippen molar-refractivity contribution in [2.75, 3.05) is 18.1 Å². The van der Waals surface area contributed by atoms with Crippen LogP contribution in [0.2, 0.25) is 0 Å². The first-order valence-electron chi connectivity index (χ1n) is 9.99. The number of fused-ring (bicyclic) bond motifs is 2. The zero-order valence-electron chi connectivity index (χ0n) is 17.2. The molecule has 7 nitrogen and oxygen atoms in total. The van der Waals surface area contributed by atoms with Crippen LogP contribution in [-0.4, -0.2) is 25.0 Å². The number of benzene rings is 2. The molecule has 0 unspecified atom stereocenters. The van der Waals surface area contributed by atoms with Crippen LogP contribution in [0.15, 0.2) is 71.6 Å². The summed E-state index contributed by atoms with van der Waals surface area (Å²) >= 11 is 0. The number of hydrogen-bond donors (Lipinski definition) is 1. The monoisotopic (exact) mass is 415 g/mol. The molecule has 1 amide bonds. The standard InChI is InChI=1S/C24H21N3O4/c1-3-27-18-13-9-8-12-16(18)24(23(27)29)17(14-25)21(26)31-20(15-10-6-5-7-11-15)19(24)22(28)30-4-2/h5-13H,3-4,26H2,1-2H3/t24-/m0/s1. The predicted molar refractivity (Wildman–Crippen MR) is 114 cm³/mol. The minimum Gasteiger partial charge on any atom is -0.462 e.